The number of benzene rings is 2. The molecule has 2 aromatic carbocycles. The van der Waals surface area contributed by atoms with Gasteiger partial charge in [0.15, 0.2) is 0 Å². The predicted octanol–water partition coefficient (Wildman–Crippen LogP) is 2.40. The smallest absolute Gasteiger partial charge is 0.252 e. The monoisotopic (exact) mass is 382 g/mol. The molecule has 1 heterocycles. The fourth-order valence-corrected chi connectivity index (χ4v) is 3.41. The molecule has 1 aliphatic rings. The number of rotatable bonds is 6. The van der Waals surface area contributed by atoms with Crippen LogP contribution >= 0.6 is 0 Å². The SMILES string of the molecule is COc1ccc(C(=O)N[C@@H](C(=O)N2CCC(CO)CC2)c2ccccc2)cc1. The molecule has 28 heavy (non-hydrogen) atoms. The maximum atomic E-state index is 13.2. The lowest BCUT2D eigenvalue weighted by molar-refractivity contribution is -0.135. The van der Waals surface area contributed by atoms with Gasteiger partial charge in [-0.2, -0.15) is 0 Å². The second kappa shape index (κ2) is 9.37. The van der Waals surface area contributed by atoms with Gasteiger partial charge in [-0.3, -0.25) is 9.59 Å². The van der Waals surface area contributed by atoms with Crippen LogP contribution in [0.5, 0.6) is 5.75 Å². The van der Waals surface area contributed by atoms with Crippen molar-refractivity contribution in [3.63, 3.8) is 0 Å². The highest BCUT2D eigenvalue weighted by molar-refractivity contribution is 5.98. The molecule has 0 unspecified atom stereocenters. The molecule has 2 aromatic rings. The number of aliphatic hydroxyl groups is 1. The van der Waals surface area contributed by atoms with Gasteiger partial charge >= 0.3 is 0 Å². The van der Waals surface area contributed by atoms with Gasteiger partial charge in [0.2, 0.25) is 5.91 Å². The molecule has 2 amide bonds. The van der Waals surface area contributed by atoms with E-state index in [4.69, 9.17) is 4.74 Å². The lowest BCUT2D eigenvalue weighted by Crippen LogP contribution is -2.46. The van der Waals surface area contributed by atoms with Crippen LogP contribution in [0.1, 0.15) is 34.8 Å². The van der Waals surface area contributed by atoms with Crippen LogP contribution in [0.15, 0.2) is 54.6 Å². The Morgan fingerprint density at radius 2 is 1.75 bits per heavy atom. The van der Waals surface area contributed by atoms with Crippen molar-refractivity contribution in [1.29, 1.82) is 0 Å². The molecule has 1 saturated heterocycles. The van der Waals surface area contributed by atoms with Crippen LogP contribution in [0, 0.1) is 5.92 Å². The fraction of sp³-hybridized carbons (Fsp3) is 0.364. The van der Waals surface area contributed by atoms with Gasteiger partial charge in [-0.05, 0) is 48.6 Å². The number of ether oxygens (including phenoxy) is 1. The number of aliphatic hydroxyl groups excluding tert-OH is 1. The molecule has 1 aliphatic heterocycles. The van der Waals surface area contributed by atoms with Gasteiger partial charge in [-0.15, -0.1) is 0 Å². The number of piperidine rings is 1. The van der Waals surface area contributed by atoms with Crippen LogP contribution in [0.3, 0.4) is 0 Å². The van der Waals surface area contributed by atoms with Gasteiger partial charge in [0, 0.05) is 25.3 Å². The number of methoxy groups -OCH3 is 1. The van der Waals surface area contributed by atoms with E-state index in [1.165, 1.54) is 0 Å². The number of likely N-dealkylation sites (tertiary alicyclic amines) is 1. The van der Waals surface area contributed by atoms with Crippen molar-refractivity contribution in [2.75, 3.05) is 26.8 Å². The number of nitrogens with zero attached hydrogens (tertiary/aromatic N) is 1. The summed E-state index contributed by atoms with van der Waals surface area (Å²) in [4.78, 5) is 27.7. The Hall–Kier alpha value is -2.86. The molecular formula is C22H26N2O4. The second-order valence-electron chi connectivity index (χ2n) is 7.00. The summed E-state index contributed by atoms with van der Waals surface area (Å²) in [6, 6.07) is 15.3. The van der Waals surface area contributed by atoms with Crippen molar-refractivity contribution in [3.05, 3.63) is 65.7 Å². The largest absolute Gasteiger partial charge is 0.497 e. The zero-order chi connectivity index (χ0) is 19.9. The van der Waals surface area contributed by atoms with Crippen molar-refractivity contribution in [2.24, 2.45) is 5.92 Å². The topological polar surface area (TPSA) is 78.9 Å². The summed E-state index contributed by atoms with van der Waals surface area (Å²) in [5, 5.41) is 12.2. The number of carbonyl (C=O) groups excluding carboxylic acids is 2. The van der Waals surface area contributed by atoms with Crippen molar-refractivity contribution < 1.29 is 19.4 Å². The van der Waals surface area contributed by atoms with Crippen LogP contribution in [0.2, 0.25) is 0 Å². The summed E-state index contributed by atoms with van der Waals surface area (Å²) in [6.45, 7) is 1.33. The minimum absolute atomic E-state index is 0.121. The van der Waals surface area contributed by atoms with Crippen LogP contribution in [-0.4, -0.2) is 48.6 Å². The molecule has 2 N–H and O–H groups in total. The number of carbonyl (C=O) groups is 2. The first-order valence-corrected chi connectivity index (χ1v) is 9.52. The Morgan fingerprint density at radius 3 is 2.32 bits per heavy atom. The Labute approximate surface area is 165 Å². The maximum Gasteiger partial charge on any atom is 0.252 e. The highest BCUT2D eigenvalue weighted by atomic mass is 16.5. The lowest BCUT2D eigenvalue weighted by atomic mass is 9.96. The van der Waals surface area contributed by atoms with E-state index in [1.807, 2.05) is 30.3 Å². The first-order valence-electron chi connectivity index (χ1n) is 9.52. The van der Waals surface area contributed by atoms with Gasteiger partial charge in [0.25, 0.3) is 5.91 Å². The zero-order valence-electron chi connectivity index (χ0n) is 16.0. The molecule has 1 fully saturated rings. The van der Waals surface area contributed by atoms with E-state index in [1.54, 1.807) is 36.3 Å². The predicted molar refractivity (Wildman–Crippen MR) is 106 cm³/mol. The normalized spacial score (nSPS) is 15.7. The molecule has 0 aliphatic carbocycles. The minimum Gasteiger partial charge on any atom is -0.497 e. The number of amides is 2. The van der Waals surface area contributed by atoms with Gasteiger partial charge in [-0.1, -0.05) is 30.3 Å². The molecule has 1 atom stereocenters. The Bertz CT molecular complexity index is 784. The number of nitrogens with one attached hydrogen (secondary N) is 1. The summed E-state index contributed by atoms with van der Waals surface area (Å²) in [6.07, 6.45) is 1.55. The molecule has 6 nitrogen and oxygen atoms in total. The third kappa shape index (κ3) is 4.70. The summed E-state index contributed by atoms with van der Waals surface area (Å²) in [5.41, 5.74) is 1.21. The number of hydrogen-bond donors (Lipinski definition) is 2. The van der Waals surface area contributed by atoms with E-state index in [0.29, 0.717) is 24.4 Å². The molecule has 0 bridgehead atoms. The van der Waals surface area contributed by atoms with Gasteiger partial charge in [0.1, 0.15) is 11.8 Å². The van der Waals surface area contributed by atoms with Crippen LogP contribution in [0.25, 0.3) is 0 Å². The number of hydrogen-bond acceptors (Lipinski definition) is 4. The average Bonchev–Trinajstić information content (AvgIpc) is 2.77. The molecular weight excluding hydrogens is 356 g/mol. The van der Waals surface area contributed by atoms with E-state index in [-0.39, 0.29) is 24.3 Å². The Morgan fingerprint density at radius 1 is 1.11 bits per heavy atom. The first-order chi connectivity index (χ1) is 13.6. The third-order valence-corrected chi connectivity index (χ3v) is 5.19. The fourth-order valence-electron chi connectivity index (χ4n) is 3.41. The molecule has 0 saturated carbocycles. The standard InChI is InChI=1S/C22H26N2O4/c1-28-19-9-7-18(8-10-19)21(26)23-20(17-5-3-2-4-6-17)22(27)24-13-11-16(15-25)12-14-24/h2-10,16,20,25H,11-15H2,1H3,(H,23,26)/t20-/m1/s1. The van der Waals surface area contributed by atoms with E-state index in [9.17, 15) is 14.7 Å². The first kappa shape index (κ1) is 19.9. The average molecular weight is 382 g/mol. The van der Waals surface area contributed by atoms with Gasteiger partial charge < -0.3 is 20.1 Å². The van der Waals surface area contributed by atoms with Crippen LogP contribution in [-0.2, 0) is 4.79 Å². The van der Waals surface area contributed by atoms with E-state index in [2.05, 4.69) is 5.32 Å². The van der Waals surface area contributed by atoms with E-state index >= 15 is 0 Å². The zero-order valence-corrected chi connectivity index (χ0v) is 16.0. The summed E-state index contributed by atoms with van der Waals surface area (Å²) < 4.78 is 5.12. The van der Waals surface area contributed by atoms with Crippen molar-refractivity contribution in [3.8, 4) is 5.75 Å². The summed E-state index contributed by atoms with van der Waals surface area (Å²) in [7, 11) is 1.57. The molecule has 0 radical (unpaired) electrons. The van der Waals surface area contributed by atoms with Crippen LogP contribution < -0.4 is 10.1 Å². The van der Waals surface area contributed by atoms with Crippen molar-refractivity contribution in [1.82, 2.24) is 10.2 Å². The van der Waals surface area contributed by atoms with E-state index in [0.717, 1.165) is 18.4 Å². The van der Waals surface area contributed by atoms with E-state index < -0.39 is 6.04 Å². The van der Waals surface area contributed by atoms with Crippen molar-refractivity contribution in [2.45, 2.75) is 18.9 Å². The third-order valence-electron chi connectivity index (χ3n) is 5.19. The lowest BCUT2D eigenvalue weighted by Gasteiger charge is -2.34. The molecule has 0 spiro atoms. The molecule has 3 rings (SSSR count). The molecule has 6 heteroatoms. The molecule has 148 valence electrons. The maximum absolute atomic E-state index is 13.2. The minimum atomic E-state index is -0.749. The summed E-state index contributed by atoms with van der Waals surface area (Å²) >= 11 is 0. The van der Waals surface area contributed by atoms with Gasteiger partial charge in [-0.25, -0.2) is 0 Å². The summed E-state index contributed by atoms with van der Waals surface area (Å²) in [5.74, 6) is 0.478. The van der Waals surface area contributed by atoms with Crippen LogP contribution in [0.4, 0.5) is 0 Å². The molecule has 0 aromatic heterocycles. The van der Waals surface area contributed by atoms with Crippen molar-refractivity contribution >= 4 is 11.8 Å². The Kier molecular flexibility index (Phi) is 6.66. The highest BCUT2D eigenvalue weighted by Crippen LogP contribution is 2.22. The highest BCUT2D eigenvalue weighted by Gasteiger charge is 2.30. The second-order valence-corrected chi connectivity index (χ2v) is 7.00. The van der Waals surface area contributed by atoms with Gasteiger partial charge in [0.05, 0.1) is 7.11 Å². The Balaban J connectivity index is 1.77. The quantitative estimate of drug-likeness (QED) is 0.804.